The molecule has 0 unspecified atom stereocenters. The third kappa shape index (κ3) is 3.96. The lowest BCUT2D eigenvalue weighted by Crippen LogP contribution is -2.31. The summed E-state index contributed by atoms with van der Waals surface area (Å²) < 4.78 is 40.6. The van der Waals surface area contributed by atoms with Gasteiger partial charge >= 0.3 is 0 Å². The van der Waals surface area contributed by atoms with E-state index in [-0.39, 0.29) is 11.1 Å². The van der Waals surface area contributed by atoms with Gasteiger partial charge in [0.1, 0.15) is 11.5 Å². The predicted octanol–water partition coefficient (Wildman–Crippen LogP) is 3.08. The fourth-order valence-electron chi connectivity index (χ4n) is 3.55. The van der Waals surface area contributed by atoms with Crippen molar-refractivity contribution in [3.8, 4) is 11.5 Å². The average Bonchev–Trinajstić information content (AvgIpc) is 3.30. The Kier molecular flexibility index (Phi) is 5.76. The van der Waals surface area contributed by atoms with Gasteiger partial charge in [0.2, 0.25) is 0 Å². The zero-order chi connectivity index (χ0) is 19.6. The molecule has 1 saturated heterocycles. The number of rotatable bonds is 7. The van der Waals surface area contributed by atoms with Crippen LogP contribution in [0, 0.1) is 5.92 Å². The van der Waals surface area contributed by atoms with Gasteiger partial charge in [-0.1, -0.05) is 19.9 Å². The molecule has 0 N–H and O–H groups in total. The molecule has 7 nitrogen and oxygen atoms in total. The molecular weight excluding hydrogens is 366 g/mol. The van der Waals surface area contributed by atoms with Crippen molar-refractivity contribution in [2.45, 2.75) is 44.3 Å². The Morgan fingerprint density at radius 2 is 2.04 bits per heavy atom. The lowest BCUT2D eigenvalue weighted by Gasteiger charge is -2.25. The van der Waals surface area contributed by atoms with Crippen LogP contribution in [0.1, 0.15) is 38.3 Å². The second-order valence-electron chi connectivity index (χ2n) is 7.18. The van der Waals surface area contributed by atoms with Crippen molar-refractivity contribution in [3.63, 3.8) is 0 Å². The Bertz CT molecular complexity index is 892. The molecule has 1 fully saturated rings. The number of sulfonamides is 1. The van der Waals surface area contributed by atoms with Crippen molar-refractivity contribution >= 4 is 10.0 Å². The van der Waals surface area contributed by atoms with Gasteiger partial charge in [-0.2, -0.15) is 4.31 Å². The number of hydrogen-bond donors (Lipinski definition) is 0. The van der Waals surface area contributed by atoms with Gasteiger partial charge in [0.05, 0.1) is 26.6 Å². The van der Waals surface area contributed by atoms with Crippen LogP contribution in [-0.4, -0.2) is 43.0 Å². The summed E-state index contributed by atoms with van der Waals surface area (Å²) in [6.07, 6.45) is 4.75. The molecular formula is C19H27N3O4S. The van der Waals surface area contributed by atoms with Gasteiger partial charge in [0.25, 0.3) is 10.0 Å². The van der Waals surface area contributed by atoms with Crippen LogP contribution in [-0.2, 0) is 16.6 Å². The van der Waals surface area contributed by atoms with Crippen LogP contribution in [0.15, 0.2) is 35.7 Å². The number of ether oxygens (including phenoxy) is 2. The second kappa shape index (κ2) is 7.90. The molecule has 0 saturated carbocycles. The average molecular weight is 394 g/mol. The van der Waals surface area contributed by atoms with Gasteiger partial charge in [-0.3, -0.25) is 0 Å². The molecule has 1 aromatic carbocycles. The Balaban J connectivity index is 1.93. The summed E-state index contributed by atoms with van der Waals surface area (Å²) in [6.45, 7) is 5.37. The van der Waals surface area contributed by atoms with E-state index in [1.54, 1.807) is 37.1 Å². The highest BCUT2D eigenvalue weighted by Crippen LogP contribution is 2.41. The zero-order valence-electron chi connectivity index (χ0n) is 16.3. The molecule has 2 aromatic rings. The highest BCUT2D eigenvalue weighted by Gasteiger charge is 2.38. The molecule has 0 radical (unpaired) electrons. The first-order chi connectivity index (χ1) is 12.9. The van der Waals surface area contributed by atoms with E-state index in [1.165, 1.54) is 0 Å². The Hall–Kier alpha value is -2.06. The molecule has 27 heavy (non-hydrogen) atoms. The van der Waals surface area contributed by atoms with Crippen LogP contribution in [0.2, 0.25) is 0 Å². The normalized spacial score (nSPS) is 18.2. The topological polar surface area (TPSA) is 73.7 Å². The van der Waals surface area contributed by atoms with Crippen LogP contribution >= 0.6 is 0 Å². The fourth-order valence-corrected chi connectivity index (χ4v) is 5.16. The second-order valence-corrected chi connectivity index (χ2v) is 9.02. The maximum Gasteiger partial charge on any atom is 0.262 e. The summed E-state index contributed by atoms with van der Waals surface area (Å²) >= 11 is 0. The Morgan fingerprint density at radius 1 is 1.26 bits per heavy atom. The van der Waals surface area contributed by atoms with Crippen LogP contribution in [0.4, 0.5) is 0 Å². The quantitative estimate of drug-likeness (QED) is 0.723. The maximum atomic E-state index is 13.2. The minimum Gasteiger partial charge on any atom is -0.497 e. The zero-order valence-corrected chi connectivity index (χ0v) is 17.1. The monoisotopic (exact) mass is 393 g/mol. The Morgan fingerprint density at radius 3 is 2.70 bits per heavy atom. The van der Waals surface area contributed by atoms with Gasteiger partial charge in [-0.25, -0.2) is 13.4 Å². The summed E-state index contributed by atoms with van der Waals surface area (Å²) in [7, 11) is -0.503. The SMILES string of the molecule is COc1ccc([C@H]2CCCN2S(=O)(=O)c2cn(CC(C)C)cn2)c(OC)c1. The molecule has 148 valence electrons. The Labute approximate surface area is 161 Å². The largest absolute Gasteiger partial charge is 0.497 e. The first kappa shape index (κ1) is 19.7. The maximum absolute atomic E-state index is 13.2. The van der Waals surface area contributed by atoms with E-state index in [9.17, 15) is 8.42 Å². The molecule has 2 heterocycles. The molecule has 0 spiro atoms. The summed E-state index contributed by atoms with van der Waals surface area (Å²) in [5, 5.41) is 0.0996. The number of nitrogens with zero attached hydrogens (tertiary/aromatic N) is 3. The molecule has 3 rings (SSSR count). The van der Waals surface area contributed by atoms with Crippen molar-refractivity contribution in [3.05, 3.63) is 36.3 Å². The van der Waals surface area contributed by atoms with Crippen molar-refractivity contribution in [1.82, 2.24) is 13.9 Å². The number of aromatic nitrogens is 2. The number of methoxy groups -OCH3 is 2. The van der Waals surface area contributed by atoms with Gasteiger partial charge in [-0.05, 0) is 24.8 Å². The first-order valence-corrected chi connectivity index (χ1v) is 10.6. The third-order valence-electron chi connectivity index (χ3n) is 4.76. The van der Waals surface area contributed by atoms with Crippen molar-refractivity contribution in [2.24, 2.45) is 5.92 Å². The number of imidazole rings is 1. The highest BCUT2D eigenvalue weighted by molar-refractivity contribution is 7.89. The predicted molar refractivity (Wildman–Crippen MR) is 102 cm³/mol. The number of benzene rings is 1. The summed E-state index contributed by atoms with van der Waals surface area (Å²) in [5.74, 6) is 1.72. The van der Waals surface area contributed by atoms with E-state index >= 15 is 0 Å². The smallest absolute Gasteiger partial charge is 0.262 e. The van der Waals surface area contributed by atoms with Gasteiger partial charge < -0.3 is 14.0 Å². The van der Waals surface area contributed by atoms with E-state index in [0.717, 1.165) is 24.9 Å². The van der Waals surface area contributed by atoms with Crippen molar-refractivity contribution in [2.75, 3.05) is 20.8 Å². The molecule has 8 heteroatoms. The van der Waals surface area contributed by atoms with Crippen molar-refractivity contribution < 1.29 is 17.9 Å². The molecule has 1 aliphatic rings. The van der Waals surface area contributed by atoms with Gasteiger partial charge in [0, 0.05) is 30.9 Å². The minimum atomic E-state index is -3.68. The number of hydrogen-bond acceptors (Lipinski definition) is 5. The highest BCUT2D eigenvalue weighted by atomic mass is 32.2. The molecule has 1 aliphatic heterocycles. The summed E-state index contributed by atoms with van der Waals surface area (Å²) in [6, 6.07) is 5.23. The summed E-state index contributed by atoms with van der Waals surface area (Å²) in [5.41, 5.74) is 0.848. The fraction of sp³-hybridized carbons (Fsp3) is 0.526. The van der Waals surface area contributed by atoms with E-state index in [4.69, 9.17) is 9.47 Å². The molecule has 0 amide bonds. The third-order valence-corrected chi connectivity index (χ3v) is 6.56. The van der Waals surface area contributed by atoms with Crippen LogP contribution < -0.4 is 9.47 Å². The molecule has 1 atom stereocenters. The van der Waals surface area contributed by atoms with Gasteiger partial charge in [-0.15, -0.1) is 0 Å². The minimum absolute atomic E-state index is 0.0996. The van der Waals surface area contributed by atoms with Crippen LogP contribution in [0.5, 0.6) is 11.5 Å². The molecule has 1 aromatic heterocycles. The van der Waals surface area contributed by atoms with Crippen LogP contribution in [0.3, 0.4) is 0 Å². The standard InChI is InChI=1S/C19H27N3O4S/c1-14(2)11-21-12-19(20-13-21)27(23,24)22-9-5-6-17(22)16-8-7-15(25-3)10-18(16)26-4/h7-8,10,12-14,17H,5-6,9,11H2,1-4H3/t17-/m1/s1. The van der Waals surface area contributed by atoms with E-state index in [0.29, 0.717) is 24.0 Å². The lowest BCUT2D eigenvalue weighted by atomic mass is 10.0. The first-order valence-electron chi connectivity index (χ1n) is 9.12. The van der Waals surface area contributed by atoms with Gasteiger partial charge in [0.15, 0.2) is 5.03 Å². The van der Waals surface area contributed by atoms with Crippen molar-refractivity contribution in [1.29, 1.82) is 0 Å². The lowest BCUT2D eigenvalue weighted by molar-refractivity contribution is 0.360. The van der Waals surface area contributed by atoms with E-state index in [2.05, 4.69) is 18.8 Å². The van der Waals surface area contributed by atoms with Crippen LogP contribution in [0.25, 0.3) is 0 Å². The van der Waals surface area contributed by atoms with E-state index in [1.807, 2.05) is 16.7 Å². The molecule has 0 aliphatic carbocycles. The summed E-state index contributed by atoms with van der Waals surface area (Å²) in [4.78, 5) is 4.17. The molecule has 0 bridgehead atoms. The van der Waals surface area contributed by atoms with E-state index < -0.39 is 10.0 Å².